The molecule has 0 aliphatic carbocycles. The van der Waals surface area contributed by atoms with Crippen molar-refractivity contribution in [3.05, 3.63) is 67.4 Å². The summed E-state index contributed by atoms with van der Waals surface area (Å²) >= 11 is 3.03. The van der Waals surface area contributed by atoms with Crippen LogP contribution in [-0.4, -0.2) is 33.9 Å². The molecule has 2 aromatic heterocycles. The van der Waals surface area contributed by atoms with Gasteiger partial charge in [0.1, 0.15) is 21.9 Å². The van der Waals surface area contributed by atoms with Gasteiger partial charge >= 0.3 is 5.69 Å². The van der Waals surface area contributed by atoms with E-state index >= 15 is 0 Å². The predicted molar refractivity (Wildman–Crippen MR) is 151 cm³/mol. The van der Waals surface area contributed by atoms with Crippen LogP contribution in [0.5, 0.6) is 5.75 Å². The van der Waals surface area contributed by atoms with Gasteiger partial charge in [0.15, 0.2) is 0 Å². The van der Waals surface area contributed by atoms with Crippen LogP contribution in [0.3, 0.4) is 0 Å². The van der Waals surface area contributed by atoms with Crippen LogP contribution in [0.1, 0.15) is 43.7 Å². The van der Waals surface area contributed by atoms with Crippen LogP contribution in [0.2, 0.25) is 0 Å². The fourth-order valence-corrected chi connectivity index (χ4v) is 5.50. The molecule has 0 saturated heterocycles. The molecule has 0 bridgehead atoms. The Morgan fingerprint density at radius 3 is 2.58 bits per heavy atom. The molecule has 0 fully saturated rings. The summed E-state index contributed by atoms with van der Waals surface area (Å²) in [7, 11) is 1.46. The van der Waals surface area contributed by atoms with Crippen molar-refractivity contribution in [1.82, 2.24) is 14.5 Å². The zero-order valence-corrected chi connectivity index (χ0v) is 23.9. The number of nitrogens with one attached hydrogen (secondary N) is 1. The van der Waals surface area contributed by atoms with Gasteiger partial charge in [0.05, 0.1) is 47.6 Å². The molecule has 36 heavy (non-hydrogen) atoms. The molecule has 11 heteroatoms. The van der Waals surface area contributed by atoms with Crippen molar-refractivity contribution in [3.8, 4) is 5.75 Å². The summed E-state index contributed by atoms with van der Waals surface area (Å²) in [5.74, 6) is -0.567. The lowest BCUT2D eigenvalue weighted by Gasteiger charge is -2.27. The first kappa shape index (κ1) is 27.8. The van der Waals surface area contributed by atoms with E-state index in [1.54, 1.807) is 49.7 Å². The lowest BCUT2D eigenvalue weighted by Crippen LogP contribution is -2.56. The van der Waals surface area contributed by atoms with Crippen molar-refractivity contribution >= 4 is 62.1 Å². The number of aromatic nitrogens is 2. The van der Waals surface area contributed by atoms with Gasteiger partial charge in [-0.3, -0.25) is 14.2 Å². The molecule has 1 aromatic carbocycles. The van der Waals surface area contributed by atoms with Crippen molar-refractivity contribution in [2.75, 3.05) is 7.11 Å². The van der Waals surface area contributed by atoms with Crippen LogP contribution in [0.15, 0.2) is 37.6 Å². The van der Waals surface area contributed by atoms with E-state index in [4.69, 9.17) is 4.74 Å². The molecule has 0 atom stereocenters. The molecule has 192 valence electrons. The van der Waals surface area contributed by atoms with Crippen LogP contribution >= 0.6 is 34.2 Å². The molecule has 0 radical (unpaired) electrons. The maximum absolute atomic E-state index is 14.1. The first-order valence-corrected chi connectivity index (χ1v) is 12.9. The van der Waals surface area contributed by atoms with Gasteiger partial charge in [0.25, 0.3) is 5.56 Å². The second-order valence-electron chi connectivity index (χ2n) is 9.05. The Morgan fingerprint density at radius 1 is 1.36 bits per heavy atom. The van der Waals surface area contributed by atoms with E-state index in [0.717, 1.165) is 9.44 Å². The van der Waals surface area contributed by atoms with Crippen LogP contribution in [-0.2, 0) is 16.9 Å². The van der Waals surface area contributed by atoms with E-state index in [0.29, 0.717) is 32.8 Å². The molecule has 0 spiro atoms. The zero-order chi connectivity index (χ0) is 26.9. The Labute approximate surface area is 226 Å². The number of amides is 1. The highest BCUT2D eigenvalue weighted by Crippen LogP contribution is 2.30. The number of aryl methyl sites for hydroxylation is 1. The van der Waals surface area contributed by atoms with Gasteiger partial charge in [-0.2, -0.15) is 0 Å². The van der Waals surface area contributed by atoms with Crippen LogP contribution < -0.4 is 21.3 Å². The summed E-state index contributed by atoms with van der Waals surface area (Å²) < 4.78 is 26.2. The van der Waals surface area contributed by atoms with E-state index in [9.17, 15) is 18.8 Å². The number of ether oxygens (including phenoxy) is 1. The molecule has 2 heterocycles. The number of hydrogen-bond donors (Lipinski definition) is 1. The molecular weight excluding hydrogens is 598 g/mol. The Morgan fingerprint density at radius 2 is 2.03 bits per heavy atom. The molecule has 1 N–H and O–H groups in total. The van der Waals surface area contributed by atoms with E-state index in [1.165, 1.54) is 55.1 Å². The van der Waals surface area contributed by atoms with Crippen molar-refractivity contribution in [1.29, 1.82) is 0 Å². The Balaban J connectivity index is 2.37. The Kier molecular flexibility index (Phi) is 8.23. The van der Waals surface area contributed by atoms with E-state index in [2.05, 4.69) is 15.1 Å². The van der Waals surface area contributed by atoms with Gasteiger partial charge in [0.2, 0.25) is 5.91 Å². The topological polar surface area (TPSA) is 94.7 Å². The second-order valence-corrected chi connectivity index (χ2v) is 10.6. The number of rotatable bonds is 8. The lowest BCUT2D eigenvalue weighted by atomic mass is 10.0. The number of hydrogen-bond acceptors (Lipinski definition) is 6. The summed E-state index contributed by atoms with van der Waals surface area (Å²) in [5.41, 5.74) is -1.34. The average Bonchev–Trinajstić information content (AvgIpc) is 3.15. The Bertz CT molecular complexity index is 1500. The predicted octanol–water partition coefficient (Wildman–Crippen LogP) is 4.42. The fraction of sp³-hybridized carbons (Fsp3) is 0.360. The second kappa shape index (κ2) is 10.7. The summed E-state index contributed by atoms with van der Waals surface area (Å²) in [5, 5.41) is 3.11. The molecule has 0 aliphatic heterocycles. The van der Waals surface area contributed by atoms with Gasteiger partial charge < -0.3 is 10.1 Å². The van der Waals surface area contributed by atoms with Gasteiger partial charge in [0, 0.05) is 16.5 Å². The Hall–Kier alpha value is -2.80. The van der Waals surface area contributed by atoms with Crippen LogP contribution in [0, 0.1) is 12.7 Å². The third kappa shape index (κ3) is 4.90. The molecule has 0 saturated carbocycles. The van der Waals surface area contributed by atoms with Gasteiger partial charge in [-0.15, -0.1) is 11.3 Å². The number of methoxy groups -OCH3 is 1. The van der Waals surface area contributed by atoms with Gasteiger partial charge in [-0.1, -0.05) is 12.7 Å². The number of benzene rings is 1. The van der Waals surface area contributed by atoms with E-state index in [-0.39, 0.29) is 12.6 Å². The number of thiophene rings is 1. The number of carbonyl (C=O) groups is 1. The number of fused-ring (bicyclic) bond motifs is 1. The van der Waals surface area contributed by atoms with E-state index < -0.39 is 28.5 Å². The third-order valence-corrected chi connectivity index (χ3v) is 7.74. The van der Waals surface area contributed by atoms with Crippen LogP contribution in [0.4, 0.5) is 4.39 Å². The highest BCUT2D eigenvalue weighted by Gasteiger charge is 2.35. The molecule has 3 rings (SSSR count). The van der Waals surface area contributed by atoms with Crippen molar-refractivity contribution in [2.45, 2.75) is 52.7 Å². The molecule has 3 aromatic rings. The molecule has 8 nitrogen and oxygen atoms in total. The minimum Gasteiger partial charge on any atom is -0.496 e. The average molecular weight is 626 g/mol. The van der Waals surface area contributed by atoms with Crippen molar-refractivity contribution in [3.63, 3.8) is 0 Å². The number of carbonyl (C=O) groups excluding carboxylic acids is 1. The van der Waals surface area contributed by atoms with E-state index in [1.807, 2.05) is 0 Å². The molecule has 0 aliphatic rings. The van der Waals surface area contributed by atoms with Crippen LogP contribution in [0.25, 0.3) is 16.3 Å². The van der Waals surface area contributed by atoms with Gasteiger partial charge in [-0.25, -0.2) is 17.0 Å². The molecule has 0 unspecified atom stereocenters. The highest BCUT2D eigenvalue weighted by atomic mass is 127. The van der Waals surface area contributed by atoms with Gasteiger partial charge in [-0.05, 0) is 58.4 Å². The number of halogens is 2. The molecule has 1 amide bonds. The lowest BCUT2D eigenvalue weighted by molar-refractivity contribution is -0.129. The molecular formula is C25H28FIN4O4S. The summed E-state index contributed by atoms with van der Waals surface area (Å²) in [6.07, 6.45) is 1.62. The summed E-state index contributed by atoms with van der Waals surface area (Å²) in [4.78, 5) is 41.8. The normalized spacial score (nSPS) is 12.3. The summed E-state index contributed by atoms with van der Waals surface area (Å²) in [6.45, 7) is 12.2. The minimum atomic E-state index is -1.49. The number of nitrogens with zero attached hydrogens (tertiary/aromatic N) is 3. The van der Waals surface area contributed by atoms with Crippen molar-refractivity contribution in [2.24, 2.45) is 3.21 Å². The standard InChI is InChI=1S/C25H28FIN4O4S/c1-8-19-14(4)20-21(32)31(25(5,6)23(33)28-13(2)3)24(34)30(22(20)36-19)12-17(29-27)16-11-15(26)9-10-18(16)35-7/h8-11,13H,1,12H2,2-7H3,(H,28,33)/b29-17-. The quantitative estimate of drug-likeness (QED) is 0.296. The largest absolute Gasteiger partial charge is 0.496 e. The maximum Gasteiger partial charge on any atom is 0.333 e. The first-order chi connectivity index (χ1) is 16.9. The SMILES string of the molecule is C=Cc1sc2c(c1C)c(=O)n(C(C)(C)C(=O)NC(C)C)c(=O)n2C/C(=N/I)c1cc(F)ccc1OC. The summed E-state index contributed by atoms with van der Waals surface area (Å²) in [6, 6.07) is 3.85. The monoisotopic (exact) mass is 626 g/mol. The highest BCUT2D eigenvalue weighted by molar-refractivity contribution is 14.1. The fourth-order valence-electron chi connectivity index (χ4n) is 3.94. The smallest absolute Gasteiger partial charge is 0.333 e. The van der Waals surface area contributed by atoms with Crippen molar-refractivity contribution < 1.29 is 13.9 Å². The third-order valence-electron chi connectivity index (χ3n) is 5.85. The first-order valence-electron chi connectivity index (χ1n) is 11.1. The minimum absolute atomic E-state index is 0.0865. The maximum atomic E-state index is 14.1. The zero-order valence-electron chi connectivity index (χ0n) is 20.9.